The Bertz CT molecular complexity index is 666. The molecule has 7 heteroatoms. The maximum atomic E-state index is 11.1. The average Bonchev–Trinajstić information content (AvgIpc) is 2.22. The number of phenols is 1. The molecule has 0 amide bonds. The fraction of sp³-hybridized carbons (Fsp3) is 0. The largest absolute Gasteiger partial charge is 0.506 e. The molecule has 6 N–H and O–H groups in total. The van der Waals surface area contributed by atoms with E-state index in [1.165, 1.54) is 6.07 Å². The lowest BCUT2D eigenvalue weighted by Crippen LogP contribution is -2.00. The van der Waals surface area contributed by atoms with Gasteiger partial charge in [-0.1, -0.05) is 24.3 Å². The van der Waals surface area contributed by atoms with Gasteiger partial charge in [-0.2, -0.15) is 8.42 Å². The van der Waals surface area contributed by atoms with Gasteiger partial charge in [-0.3, -0.25) is 4.55 Å². The van der Waals surface area contributed by atoms with Gasteiger partial charge in [-0.05, 0) is 0 Å². The zero-order valence-corrected chi connectivity index (χ0v) is 9.40. The van der Waals surface area contributed by atoms with Gasteiger partial charge in [-0.15, -0.1) is 0 Å². The lowest BCUT2D eigenvalue weighted by atomic mass is 10.1. The summed E-state index contributed by atoms with van der Waals surface area (Å²) in [7, 11) is -4.38. The first kappa shape index (κ1) is 13.2. The number of hydrogen-bond donors (Lipinski definition) is 3. The van der Waals surface area contributed by atoms with E-state index in [-0.39, 0.29) is 27.2 Å². The molecule has 2 aromatic rings. The molecule has 0 saturated carbocycles. The molecule has 0 unspecified atom stereocenters. The maximum Gasteiger partial charge on any atom is 0.295 e. The Hall–Kier alpha value is -1.83. The summed E-state index contributed by atoms with van der Waals surface area (Å²) in [5, 5.41) is 10.1. The zero-order chi connectivity index (χ0) is 11.9. The van der Waals surface area contributed by atoms with E-state index < -0.39 is 10.1 Å². The summed E-state index contributed by atoms with van der Waals surface area (Å²) in [6, 6.07) is 7.29. The summed E-state index contributed by atoms with van der Waals surface area (Å²) in [5.74, 6) is -0.369. The predicted molar refractivity (Wildman–Crippen MR) is 63.5 cm³/mol. The molecule has 0 atom stereocenters. The average molecular weight is 257 g/mol. The fourth-order valence-electron chi connectivity index (χ4n) is 1.56. The molecule has 0 spiro atoms. The van der Waals surface area contributed by atoms with E-state index in [9.17, 15) is 13.5 Å². The van der Waals surface area contributed by atoms with Crippen LogP contribution in [0.3, 0.4) is 0 Å². The minimum Gasteiger partial charge on any atom is -0.506 e. The smallest absolute Gasteiger partial charge is 0.295 e. The summed E-state index contributed by atoms with van der Waals surface area (Å²) in [5.41, 5.74) is 5.69. The van der Waals surface area contributed by atoms with Gasteiger partial charge in [0, 0.05) is 16.8 Å². The molecular formula is C10H11NO5S. The summed E-state index contributed by atoms with van der Waals surface area (Å²) in [6.45, 7) is 0. The van der Waals surface area contributed by atoms with Crippen LogP contribution in [-0.4, -0.2) is 23.6 Å². The Morgan fingerprint density at radius 2 is 1.65 bits per heavy atom. The van der Waals surface area contributed by atoms with Crippen molar-refractivity contribution in [3.05, 3.63) is 30.3 Å². The second-order valence-corrected chi connectivity index (χ2v) is 4.72. The number of fused-ring (bicyclic) bond motifs is 1. The Labute approximate surface area is 97.4 Å². The van der Waals surface area contributed by atoms with E-state index in [1.54, 1.807) is 18.2 Å². The zero-order valence-electron chi connectivity index (χ0n) is 8.58. The van der Waals surface area contributed by atoms with Crippen molar-refractivity contribution < 1.29 is 23.6 Å². The van der Waals surface area contributed by atoms with Crippen LogP contribution in [0.5, 0.6) is 5.75 Å². The minimum atomic E-state index is -4.38. The van der Waals surface area contributed by atoms with Gasteiger partial charge in [-0.25, -0.2) is 0 Å². The summed E-state index contributed by atoms with van der Waals surface area (Å²) < 4.78 is 31.3. The first-order chi connectivity index (χ1) is 7.41. The summed E-state index contributed by atoms with van der Waals surface area (Å²) >= 11 is 0. The van der Waals surface area contributed by atoms with Crippen LogP contribution in [-0.2, 0) is 10.1 Å². The van der Waals surface area contributed by atoms with Crippen molar-refractivity contribution in [2.45, 2.75) is 4.90 Å². The van der Waals surface area contributed by atoms with E-state index in [2.05, 4.69) is 0 Å². The monoisotopic (exact) mass is 257 g/mol. The number of aromatic hydroxyl groups is 1. The number of benzene rings is 2. The number of hydrogen-bond acceptors (Lipinski definition) is 4. The van der Waals surface area contributed by atoms with Gasteiger partial charge >= 0.3 is 0 Å². The Balaban J connectivity index is 0.00000144. The molecule has 92 valence electrons. The highest BCUT2D eigenvalue weighted by Gasteiger charge is 2.17. The molecule has 0 aliphatic rings. The Morgan fingerprint density at radius 3 is 2.18 bits per heavy atom. The SMILES string of the molecule is Nc1c(O)cc(S(=O)(=O)O)c2ccccc12.O. The van der Waals surface area contributed by atoms with Gasteiger partial charge in [0.05, 0.1) is 5.69 Å². The fourth-order valence-corrected chi connectivity index (χ4v) is 2.28. The van der Waals surface area contributed by atoms with Crippen molar-refractivity contribution >= 4 is 26.6 Å². The molecule has 6 nitrogen and oxygen atoms in total. The van der Waals surface area contributed by atoms with Crippen LogP contribution in [0.1, 0.15) is 0 Å². The number of phenolic OH excluding ortho intramolecular Hbond substituents is 1. The molecule has 2 rings (SSSR count). The van der Waals surface area contributed by atoms with E-state index >= 15 is 0 Å². The molecule has 2 aromatic carbocycles. The van der Waals surface area contributed by atoms with Crippen molar-refractivity contribution in [2.24, 2.45) is 0 Å². The highest BCUT2D eigenvalue weighted by atomic mass is 32.2. The summed E-state index contributed by atoms with van der Waals surface area (Å²) in [6.07, 6.45) is 0. The van der Waals surface area contributed by atoms with Crippen LogP contribution in [0.4, 0.5) is 5.69 Å². The van der Waals surface area contributed by atoms with Gasteiger partial charge in [0.25, 0.3) is 10.1 Å². The third-order valence-electron chi connectivity index (χ3n) is 2.30. The highest BCUT2D eigenvalue weighted by Crippen LogP contribution is 2.34. The molecule has 0 saturated heterocycles. The molecule has 0 aliphatic heterocycles. The van der Waals surface area contributed by atoms with Gasteiger partial charge < -0.3 is 16.3 Å². The van der Waals surface area contributed by atoms with Crippen LogP contribution in [0, 0.1) is 0 Å². The standard InChI is InChI=1S/C10H9NO4S.H2O/c11-10-7-4-2-1-3-6(7)9(5-8(10)12)16(13,14)15;/h1-5,12H,11H2,(H,13,14,15);1H2. The number of anilines is 1. The van der Waals surface area contributed by atoms with Gasteiger partial charge in [0.1, 0.15) is 10.6 Å². The van der Waals surface area contributed by atoms with Crippen LogP contribution >= 0.6 is 0 Å². The number of nitrogen functional groups attached to an aromatic ring is 1. The normalized spacial score (nSPS) is 11.1. The highest BCUT2D eigenvalue weighted by molar-refractivity contribution is 7.86. The minimum absolute atomic E-state index is 0. The topological polar surface area (TPSA) is 132 Å². The quantitative estimate of drug-likeness (QED) is 0.390. The molecular weight excluding hydrogens is 246 g/mol. The van der Waals surface area contributed by atoms with Crippen LogP contribution < -0.4 is 5.73 Å². The van der Waals surface area contributed by atoms with Crippen LogP contribution in [0.15, 0.2) is 35.2 Å². The molecule has 0 aromatic heterocycles. The van der Waals surface area contributed by atoms with Crippen molar-refractivity contribution in [2.75, 3.05) is 5.73 Å². The van der Waals surface area contributed by atoms with E-state index in [0.717, 1.165) is 6.07 Å². The van der Waals surface area contributed by atoms with E-state index in [0.29, 0.717) is 5.39 Å². The molecule has 0 bridgehead atoms. The second-order valence-electron chi connectivity index (χ2n) is 3.33. The van der Waals surface area contributed by atoms with Crippen molar-refractivity contribution in [3.63, 3.8) is 0 Å². The third-order valence-corrected chi connectivity index (χ3v) is 3.20. The second kappa shape index (κ2) is 4.21. The number of nitrogens with two attached hydrogens (primary N) is 1. The lowest BCUT2D eigenvalue weighted by Gasteiger charge is -2.08. The van der Waals surface area contributed by atoms with Crippen LogP contribution in [0.25, 0.3) is 10.8 Å². The van der Waals surface area contributed by atoms with Crippen molar-refractivity contribution in [1.82, 2.24) is 0 Å². The maximum absolute atomic E-state index is 11.1. The lowest BCUT2D eigenvalue weighted by molar-refractivity contribution is 0.469. The molecule has 0 aliphatic carbocycles. The van der Waals surface area contributed by atoms with E-state index in [4.69, 9.17) is 10.3 Å². The third kappa shape index (κ3) is 2.16. The molecule has 0 fully saturated rings. The molecule has 0 radical (unpaired) electrons. The van der Waals surface area contributed by atoms with Crippen LogP contribution in [0.2, 0.25) is 0 Å². The predicted octanol–water partition coefficient (Wildman–Crippen LogP) is 0.550. The van der Waals surface area contributed by atoms with Gasteiger partial charge in [0.2, 0.25) is 0 Å². The first-order valence-electron chi connectivity index (χ1n) is 4.39. The number of rotatable bonds is 1. The van der Waals surface area contributed by atoms with E-state index in [1.807, 2.05) is 0 Å². The Kier molecular flexibility index (Phi) is 3.28. The van der Waals surface area contributed by atoms with Crippen molar-refractivity contribution in [3.8, 4) is 5.75 Å². The molecule has 17 heavy (non-hydrogen) atoms. The van der Waals surface area contributed by atoms with Gasteiger partial charge in [0.15, 0.2) is 0 Å². The molecule has 0 heterocycles. The van der Waals surface area contributed by atoms with Crippen molar-refractivity contribution in [1.29, 1.82) is 0 Å². The summed E-state index contributed by atoms with van der Waals surface area (Å²) in [4.78, 5) is -0.352. The first-order valence-corrected chi connectivity index (χ1v) is 5.83. The Morgan fingerprint density at radius 1 is 1.12 bits per heavy atom.